The number of hydrazine groups is 1. The summed E-state index contributed by atoms with van der Waals surface area (Å²) in [6.45, 7) is 2.20. The topological polar surface area (TPSA) is 63.0 Å². The predicted molar refractivity (Wildman–Crippen MR) is 81.8 cm³/mol. The van der Waals surface area contributed by atoms with Crippen LogP contribution in [0, 0.1) is 0 Å². The van der Waals surface area contributed by atoms with E-state index in [4.69, 9.17) is 18.0 Å². The Morgan fingerprint density at radius 1 is 1.50 bits per heavy atom. The average Bonchev–Trinajstić information content (AvgIpc) is 2.75. The number of fused-ring (bicyclic) bond motifs is 1. The second kappa shape index (κ2) is 5.97. The van der Waals surface area contributed by atoms with Crippen LogP contribution in [0.1, 0.15) is 25.3 Å². The molecule has 0 aliphatic heterocycles. The van der Waals surface area contributed by atoms with Gasteiger partial charge in [0.25, 0.3) is 0 Å². The molecule has 6 heteroatoms. The van der Waals surface area contributed by atoms with E-state index in [0.29, 0.717) is 0 Å². The molecule has 0 atom stereocenters. The molecule has 0 fully saturated rings. The van der Waals surface area contributed by atoms with E-state index in [9.17, 15) is 0 Å². The molecule has 4 N–H and O–H groups in total. The fourth-order valence-corrected chi connectivity index (χ4v) is 2.61. The summed E-state index contributed by atoms with van der Waals surface area (Å²) in [6.07, 6.45) is 3.56. The highest BCUT2D eigenvalue weighted by atomic mass is 32.1. The van der Waals surface area contributed by atoms with Crippen LogP contribution in [0.3, 0.4) is 0 Å². The molecule has 0 radical (unpaired) electrons. The molecule has 96 valence electrons. The minimum Gasteiger partial charge on any atom is -0.375 e. The molecule has 0 spiro atoms. The molecule has 0 amide bonds. The number of nitrogens with zero attached hydrogens (tertiary/aromatic N) is 1. The van der Waals surface area contributed by atoms with Crippen molar-refractivity contribution in [3.63, 3.8) is 0 Å². The van der Waals surface area contributed by atoms with Crippen molar-refractivity contribution >= 4 is 44.0 Å². The highest BCUT2D eigenvalue weighted by Gasteiger charge is 2.04. The maximum atomic E-state index is 5.35. The van der Waals surface area contributed by atoms with Crippen LogP contribution < -0.4 is 16.6 Å². The number of benzene rings is 1. The van der Waals surface area contributed by atoms with Gasteiger partial charge in [-0.25, -0.2) is 4.98 Å². The third-order valence-electron chi connectivity index (χ3n) is 2.56. The summed E-state index contributed by atoms with van der Waals surface area (Å²) in [4.78, 5) is 4.44. The lowest BCUT2D eigenvalue weighted by molar-refractivity contribution is 0.796. The van der Waals surface area contributed by atoms with Crippen LogP contribution in [0.4, 0.5) is 5.13 Å². The van der Waals surface area contributed by atoms with Crippen LogP contribution in [0.15, 0.2) is 18.2 Å². The lowest BCUT2D eigenvalue weighted by atomic mass is 10.1. The van der Waals surface area contributed by atoms with Gasteiger partial charge in [-0.3, -0.25) is 10.9 Å². The van der Waals surface area contributed by atoms with Crippen molar-refractivity contribution in [1.82, 2.24) is 10.4 Å². The highest BCUT2D eigenvalue weighted by molar-refractivity contribution is 7.80. The summed E-state index contributed by atoms with van der Waals surface area (Å²) in [6, 6.07) is 6.40. The first kappa shape index (κ1) is 13.0. The quantitative estimate of drug-likeness (QED) is 0.580. The Bertz CT molecular complexity index is 550. The van der Waals surface area contributed by atoms with Gasteiger partial charge in [-0.2, -0.15) is 0 Å². The fraction of sp³-hybridized carbons (Fsp3) is 0.333. The van der Waals surface area contributed by atoms with Gasteiger partial charge in [0.1, 0.15) is 0 Å². The van der Waals surface area contributed by atoms with Crippen molar-refractivity contribution in [3.05, 3.63) is 23.8 Å². The predicted octanol–water partition coefficient (Wildman–Crippen LogP) is 2.80. The number of hydrogen-bond acceptors (Lipinski definition) is 4. The summed E-state index contributed by atoms with van der Waals surface area (Å²) in [5.74, 6) is 0. The number of nitrogens with one attached hydrogen (secondary N) is 2. The number of rotatable bonds is 5. The van der Waals surface area contributed by atoms with Crippen molar-refractivity contribution in [2.75, 3.05) is 5.43 Å². The van der Waals surface area contributed by atoms with Crippen molar-refractivity contribution in [2.45, 2.75) is 26.2 Å². The molecule has 1 aromatic heterocycles. The van der Waals surface area contributed by atoms with E-state index >= 15 is 0 Å². The maximum absolute atomic E-state index is 5.35. The third kappa shape index (κ3) is 3.30. The zero-order valence-corrected chi connectivity index (χ0v) is 11.8. The smallest absolute Gasteiger partial charge is 0.202 e. The monoisotopic (exact) mass is 280 g/mol. The van der Waals surface area contributed by atoms with Crippen molar-refractivity contribution in [1.29, 1.82) is 0 Å². The van der Waals surface area contributed by atoms with Gasteiger partial charge in [-0.1, -0.05) is 30.7 Å². The van der Waals surface area contributed by atoms with Gasteiger partial charge in [0, 0.05) is 0 Å². The van der Waals surface area contributed by atoms with E-state index in [2.05, 4.69) is 41.0 Å². The lowest BCUT2D eigenvalue weighted by Gasteiger charge is -2.01. The molecule has 0 saturated carbocycles. The number of aromatic nitrogens is 1. The molecule has 2 rings (SSSR count). The van der Waals surface area contributed by atoms with Gasteiger partial charge < -0.3 is 5.73 Å². The number of anilines is 1. The first-order valence-electron chi connectivity index (χ1n) is 5.90. The molecule has 0 unspecified atom stereocenters. The summed E-state index contributed by atoms with van der Waals surface area (Å²) in [7, 11) is 0. The molecule has 0 saturated heterocycles. The molecule has 2 aromatic rings. The molecule has 0 bridgehead atoms. The van der Waals surface area contributed by atoms with Crippen molar-refractivity contribution in [2.24, 2.45) is 5.73 Å². The highest BCUT2D eigenvalue weighted by Crippen LogP contribution is 2.26. The van der Waals surface area contributed by atoms with Crippen LogP contribution in [0.5, 0.6) is 0 Å². The van der Waals surface area contributed by atoms with E-state index in [1.165, 1.54) is 23.1 Å². The summed E-state index contributed by atoms with van der Waals surface area (Å²) >= 11 is 6.31. The molecular weight excluding hydrogens is 264 g/mol. The van der Waals surface area contributed by atoms with Gasteiger partial charge in [0.05, 0.1) is 10.2 Å². The van der Waals surface area contributed by atoms with Crippen LogP contribution in [0.2, 0.25) is 0 Å². The SMILES string of the molecule is CCCCc1ccc2nc(NNC(N)=S)sc2c1. The molecule has 0 aliphatic rings. The number of thiocarbonyl (C=S) groups is 1. The maximum Gasteiger partial charge on any atom is 0.202 e. The molecule has 18 heavy (non-hydrogen) atoms. The van der Waals surface area contributed by atoms with Crippen LogP contribution >= 0.6 is 23.6 Å². The summed E-state index contributed by atoms with van der Waals surface area (Å²) in [5.41, 5.74) is 13.3. The van der Waals surface area contributed by atoms with E-state index in [1.807, 2.05) is 0 Å². The minimum atomic E-state index is 0.206. The first-order valence-corrected chi connectivity index (χ1v) is 7.12. The van der Waals surface area contributed by atoms with Crippen molar-refractivity contribution < 1.29 is 0 Å². The molecule has 1 aromatic carbocycles. The number of aryl methyl sites for hydroxylation is 1. The Morgan fingerprint density at radius 3 is 3.06 bits per heavy atom. The standard InChI is InChI=1S/C12H16N4S2/c1-2-3-4-8-5-6-9-10(7-8)18-12(14-9)16-15-11(13)17/h5-7H,2-4H2,1H3,(H,14,16)(H3,13,15,17). The second-order valence-corrected chi connectivity index (χ2v) is 5.51. The molecule has 0 aliphatic carbocycles. The van der Waals surface area contributed by atoms with Gasteiger partial charge in [-0.05, 0) is 42.8 Å². The van der Waals surface area contributed by atoms with Gasteiger partial charge >= 0.3 is 0 Å². The Kier molecular flexibility index (Phi) is 4.33. The molecule has 1 heterocycles. The lowest BCUT2D eigenvalue weighted by Crippen LogP contribution is -2.33. The Balaban J connectivity index is 2.14. The van der Waals surface area contributed by atoms with E-state index in [1.54, 1.807) is 11.3 Å². The number of thiazole rings is 1. The third-order valence-corrected chi connectivity index (χ3v) is 3.60. The van der Waals surface area contributed by atoms with Crippen molar-refractivity contribution in [3.8, 4) is 0 Å². The van der Waals surface area contributed by atoms with Crippen LogP contribution in [-0.2, 0) is 6.42 Å². The summed E-state index contributed by atoms with van der Waals surface area (Å²) < 4.78 is 1.18. The normalized spacial score (nSPS) is 10.5. The Morgan fingerprint density at radius 2 is 2.33 bits per heavy atom. The number of unbranched alkanes of at least 4 members (excludes halogenated alkanes) is 1. The Hall–Kier alpha value is -1.40. The number of nitrogens with two attached hydrogens (primary N) is 1. The molecule has 4 nitrogen and oxygen atoms in total. The minimum absolute atomic E-state index is 0.206. The zero-order valence-electron chi connectivity index (χ0n) is 10.2. The Labute approximate surface area is 116 Å². The van der Waals surface area contributed by atoms with E-state index < -0.39 is 0 Å². The first-order chi connectivity index (χ1) is 8.69. The fourth-order valence-electron chi connectivity index (χ4n) is 1.67. The van der Waals surface area contributed by atoms with Gasteiger partial charge in [-0.15, -0.1) is 0 Å². The van der Waals surface area contributed by atoms with Gasteiger partial charge in [0.2, 0.25) is 5.13 Å². The largest absolute Gasteiger partial charge is 0.375 e. The van der Waals surface area contributed by atoms with E-state index in [-0.39, 0.29) is 5.11 Å². The van der Waals surface area contributed by atoms with Crippen LogP contribution in [-0.4, -0.2) is 10.1 Å². The molecular formula is C12H16N4S2. The summed E-state index contributed by atoms with van der Waals surface area (Å²) in [5, 5.41) is 0.975. The average molecular weight is 280 g/mol. The van der Waals surface area contributed by atoms with Gasteiger partial charge in [0.15, 0.2) is 5.11 Å². The van der Waals surface area contributed by atoms with E-state index in [0.717, 1.165) is 17.1 Å². The zero-order chi connectivity index (χ0) is 13.0. The number of hydrogen-bond donors (Lipinski definition) is 3. The van der Waals surface area contributed by atoms with Crippen LogP contribution in [0.25, 0.3) is 10.2 Å². The second-order valence-electron chi connectivity index (χ2n) is 4.04.